The first kappa shape index (κ1) is 27.3. The fraction of sp³-hybridized carbons (Fsp3) is 0.423. The van der Waals surface area contributed by atoms with E-state index in [4.69, 9.17) is 27.9 Å². The summed E-state index contributed by atoms with van der Waals surface area (Å²) in [5.74, 6) is -0.453. The van der Waals surface area contributed by atoms with Crippen molar-refractivity contribution in [3.63, 3.8) is 0 Å². The number of amides is 1. The number of benzene rings is 1. The van der Waals surface area contributed by atoms with E-state index in [0.29, 0.717) is 60.1 Å². The van der Waals surface area contributed by atoms with Crippen molar-refractivity contribution in [1.29, 1.82) is 0 Å². The number of pyridine rings is 1. The van der Waals surface area contributed by atoms with Crippen molar-refractivity contribution in [2.45, 2.75) is 38.8 Å². The molecule has 2 aromatic heterocycles. The van der Waals surface area contributed by atoms with Crippen LogP contribution in [-0.2, 0) is 29.2 Å². The molecule has 198 valence electrons. The number of aryl methyl sites for hydroxylation is 2. The third kappa shape index (κ3) is 5.57. The maximum absolute atomic E-state index is 13.3. The molecule has 1 saturated heterocycles. The van der Waals surface area contributed by atoms with Gasteiger partial charge in [0.15, 0.2) is 0 Å². The average molecular weight is 556 g/mol. The summed E-state index contributed by atoms with van der Waals surface area (Å²) in [5.41, 5.74) is 1.46. The van der Waals surface area contributed by atoms with Crippen molar-refractivity contribution < 1.29 is 27.5 Å². The number of rotatable bonds is 5. The van der Waals surface area contributed by atoms with Crippen molar-refractivity contribution in [1.82, 2.24) is 14.5 Å². The zero-order valence-corrected chi connectivity index (χ0v) is 22.1. The molecule has 1 aliphatic rings. The van der Waals surface area contributed by atoms with Crippen LogP contribution in [0.25, 0.3) is 10.9 Å². The van der Waals surface area contributed by atoms with Gasteiger partial charge in [0.05, 0.1) is 22.7 Å². The van der Waals surface area contributed by atoms with Gasteiger partial charge in [0, 0.05) is 55.8 Å². The number of ether oxygens (including phenoxy) is 1. The summed E-state index contributed by atoms with van der Waals surface area (Å²) >= 11 is 13.1. The van der Waals surface area contributed by atoms with Crippen LogP contribution in [0.5, 0.6) is 0 Å². The Morgan fingerprint density at radius 3 is 2.46 bits per heavy atom. The quantitative estimate of drug-likeness (QED) is 0.351. The van der Waals surface area contributed by atoms with Crippen molar-refractivity contribution in [2.75, 3.05) is 20.2 Å². The number of fused-ring (bicyclic) bond motifs is 1. The molecule has 0 N–H and O–H groups in total. The molecule has 1 fully saturated rings. The van der Waals surface area contributed by atoms with E-state index in [9.17, 15) is 22.8 Å². The molecule has 0 atom stereocenters. The van der Waals surface area contributed by atoms with Gasteiger partial charge in [-0.15, -0.1) is 0 Å². The van der Waals surface area contributed by atoms with Crippen molar-refractivity contribution in [3.05, 3.63) is 62.5 Å². The van der Waals surface area contributed by atoms with Crippen molar-refractivity contribution >= 4 is 46.0 Å². The molecule has 0 unspecified atom stereocenters. The van der Waals surface area contributed by atoms with Crippen LogP contribution in [-0.4, -0.2) is 46.5 Å². The van der Waals surface area contributed by atoms with Crippen molar-refractivity contribution in [2.24, 2.45) is 13.0 Å². The van der Waals surface area contributed by atoms with Gasteiger partial charge < -0.3 is 14.2 Å². The SMILES string of the molecule is COC(=O)CC1CCN(C(=O)c2ncc(Cl)c(Cc3cc4c(C)cc(C(F)(F)F)cc4n3C)c2Cl)CC1. The minimum absolute atomic E-state index is 0.0711. The lowest BCUT2D eigenvalue weighted by molar-refractivity contribution is -0.142. The summed E-state index contributed by atoms with van der Waals surface area (Å²) in [6.45, 7) is 2.56. The fourth-order valence-electron chi connectivity index (χ4n) is 4.80. The molecule has 1 aromatic carbocycles. The van der Waals surface area contributed by atoms with E-state index in [2.05, 4.69) is 4.98 Å². The molecule has 3 aromatic rings. The first-order valence-electron chi connectivity index (χ1n) is 11.8. The molecule has 37 heavy (non-hydrogen) atoms. The third-order valence-corrected chi connectivity index (χ3v) is 7.74. The van der Waals surface area contributed by atoms with Gasteiger partial charge in [-0.2, -0.15) is 13.2 Å². The summed E-state index contributed by atoms with van der Waals surface area (Å²) in [6.07, 6.45) is -1.24. The molecule has 0 radical (unpaired) electrons. The van der Waals surface area contributed by atoms with Gasteiger partial charge in [-0.1, -0.05) is 23.2 Å². The highest BCUT2D eigenvalue weighted by molar-refractivity contribution is 6.37. The van der Waals surface area contributed by atoms with E-state index in [1.807, 2.05) is 6.07 Å². The van der Waals surface area contributed by atoms with E-state index in [1.165, 1.54) is 13.3 Å². The average Bonchev–Trinajstić information content (AvgIpc) is 3.17. The third-order valence-electron chi connectivity index (χ3n) is 7.01. The van der Waals surface area contributed by atoms with Crippen LogP contribution in [0.3, 0.4) is 0 Å². The van der Waals surface area contributed by atoms with E-state index in [1.54, 1.807) is 23.4 Å². The predicted octanol–water partition coefficient (Wildman–Crippen LogP) is 6.21. The minimum atomic E-state index is -4.45. The predicted molar refractivity (Wildman–Crippen MR) is 135 cm³/mol. The number of esters is 1. The Morgan fingerprint density at radius 1 is 1.16 bits per heavy atom. The van der Waals surface area contributed by atoms with E-state index >= 15 is 0 Å². The minimum Gasteiger partial charge on any atom is -0.469 e. The standard InChI is InChI=1S/C26H26Cl2F3N3O3/c1-14-8-16(26(29,30)31)10-21-18(14)11-17(33(21)2)12-19-20(27)13-32-24(23(19)28)25(36)34-6-4-15(5-7-34)9-22(35)37-3/h8,10-11,13,15H,4-7,9,12H2,1-3H3. The molecule has 0 bridgehead atoms. The lowest BCUT2D eigenvalue weighted by Gasteiger charge is -2.31. The molecular formula is C26H26Cl2F3N3O3. The molecular weight excluding hydrogens is 530 g/mol. The summed E-state index contributed by atoms with van der Waals surface area (Å²) in [7, 11) is 3.04. The highest BCUT2D eigenvalue weighted by atomic mass is 35.5. The van der Waals surface area contributed by atoms with Crippen LogP contribution in [0.4, 0.5) is 13.2 Å². The number of nitrogens with zero attached hydrogens (tertiary/aromatic N) is 3. The van der Waals surface area contributed by atoms with E-state index in [0.717, 1.165) is 12.1 Å². The Kier molecular flexibility index (Phi) is 7.76. The second-order valence-corrected chi connectivity index (χ2v) is 10.1. The molecule has 1 amide bonds. The monoisotopic (exact) mass is 555 g/mol. The number of methoxy groups -OCH3 is 1. The number of carbonyl (C=O) groups is 2. The Bertz CT molecular complexity index is 1360. The Morgan fingerprint density at radius 2 is 1.84 bits per heavy atom. The highest BCUT2D eigenvalue weighted by Crippen LogP contribution is 2.36. The molecule has 0 saturated carbocycles. The fourth-order valence-corrected chi connectivity index (χ4v) is 5.36. The van der Waals surface area contributed by atoms with Crippen LogP contribution >= 0.6 is 23.2 Å². The maximum atomic E-state index is 13.3. The molecule has 0 spiro atoms. The van der Waals surface area contributed by atoms with Gasteiger partial charge in [0.1, 0.15) is 5.69 Å². The second kappa shape index (κ2) is 10.5. The molecule has 1 aliphatic heterocycles. The largest absolute Gasteiger partial charge is 0.469 e. The van der Waals surface area contributed by atoms with Gasteiger partial charge in [-0.25, -0.2) is 4.98 Å². The number of carbonyl (C=O) groups excluding carboxylic acids is 2. The molecule has 4 rings (SSSR count). The zero-order valence-electron chi connectivity index (χ0n) is 20.6. The number of hydrogen-bond donors (Lipinski definition) is 0. The lowest BCUT2D eigenvalue weighted by Crippen LogP contribution is -2.39. The number of hydrogen-bond acceptors (Lipinski definition) is 4. The normalized spacial score (nSPS) is 14.9. The number of halogens is 5. The summed E-state index contributed by atoms with van der Waals surface area (Å²) in [6, 6.07) is 4.06. The van der Waals surface area contributed by atoms with E-state index < -0.39 is 11.7 Å². The highest BCUT2D eigenvalue weighted by Gasteiger charge is 2.32. The topological polar surface area (TPSA) is 64.4 Å². The zero-order chi connectivity index (χ0) is 27.1. The first-order valence-corrected chi connectivity index (χ1v) is 12.5. The molecule has 11 heteroatoms. The van der Waals surface area contributed by atoms with Gasteiger partial charge >= 0.3 is 12.1 Å². The Hall–Kier alpha value is -2.78. The van der Waals surface area contributed by atoms with Gasteiger partial charge in [-0.3, -0.25) is 9.59 Å². The maximum Gasteiger partial charge on any atom is 0.416 e. The molecule has 3 heterocycles. The van der Waals surface area contributed by atoms with Crippen LogP contribution < -0.4 is 0 Å². The van der Waals surface area contributed by atoms with Crippen molar-refractivity contribution in [3.8, 4) is 0 Å². The lowest BCUT2D eigenvalue weighted by atomic mass is 9.93. The number of aromatic nitrogens is 2. The molecule has 6 nitrogen and oxygen atoms in total. The summed E-state index contributed by atoms with van der Waals surface area (Å²) in [5, 5.41) is 1.07. The van der Waals surface area contributed by atoms with Crippen LogP contribution in [0.1, 0.15) is 52.1 Å². The van der Waals surface area contributed by atoms with Crippen LogP contribution in [0, 0.1) is 12.8 Å². The molecule has 0 aliphatic carbocycles. The van der Waals surface area contributed by atoms with Gasteiger partial charge in [-0.05, 0) is 55.0 Å². The van der Waals surface area contributed by atoms with Crippen LogP contribution in [0.15, 0.2) is 24.4 Å². The summed E-state index contributed by atoms with van der Waals surface area (Å²) in [4.78, 5) is 30.6. The number of piperidine rings is 1. The van der Waals surface area contributed by atoms with Crippen LogP contribution in [0.2, 0.25) is 10.0 Å². The Labute approximate surface area is 222 Å². The first-order chi connectivity index (χ1) is 17.4. The van der Waals surface area contributed by atoms with E-state index in [-0.39, 0.29) is 40.0 Å². The Balaban J connectivity index is 1.59. The van der Waals surface area contributed by atoms with Gasteiger partial charge in [0.25, 0.3) is 5.91 Å². The number of likely N-dealkylation sites (tertiary alicyclic amines) is 1. The second-order valence-electron chi connectivity index (χ2n) is 9.36. The number of alkyl halides is 3. The smallest absolute Gasteiger partial charge is 0.416 e. The van der Waals surface area contributed by atoms with Gasteiger partial charge in [0.2, 0.25) is 0 Å². The summed E-state index contributed by atoms with van der Waals surface area (Å²) < 4.78 is 46.4.